The number of H-pyrrole nitrogens is 2. The lowest BCUT2D eigenvalue weighted by Crippen LogP contribution is -2.40. The van der Waals surface area contributed by atoms with Crippen molar-refractivity contribution in [3.8, 4) is 11.4 Å². The van der Waals surface area contributed by atoms with Crippen LogP contribution in [-0.4, -0.2) is 59.5 Å². The first-order chi connectivity index (χ1) is 13.9. The number of para-hydroxylation sites is 1. The Kier molecular flexibility index (Phi) is 4.83. The van der Waals surface area contributed by atoms with Gasteiger partial charge in [0.15, 0.2) is 0 Å². The highest BCUT2D eigenvalue weighted by molar-refractivity contribution is 5.96. The maximum absolute atomic E-state index is 5.41. The van der Waals surface area contributed by atoms with Crippen LogP contribution in [0.2, 0.25) is 0 Å². The Labute approximate surface area is 163 Å². The van der Waals surface area contributed by atoms with Crippen molar-refractivity contribution in [1.29, 1.82) is 0 Å². The predicted octanol–water partition coefficient (Wildman–Crippen LogP) is 3.13. The molecule has 0 saturated carbocycles. The van der Waals surface area contributed by atoms with Crippen LogP contribution < -0.4 is 5.32 Å². The normalized spacial score (nSPS) is 15.6. The first-order valence-corrected chi connectivity index (χ1v) is 9.93. The third-order valence-corrected chi connectivity index (χ3v) is 5.50. The van der Waals surface area contributed by atoms with E-state index in [1.165, 1.54) is 10.9 Å². The summed E-state index contributed by atoms with van der Waals surface area (Å²) in [6.07, 6.45) is 0. The molecule has 144 valence electrons. The van der Waals surface area contributed by atoms with E-state index >= 15 is 0 Å². The molecule has 1 saturated heterocycles. The summed E-state index contributed by atoms with van der Waals surface area (Å²) in [6, 6.07) is 16.9. The summed E-state index contributed by atoms with van der Waals surface area (Å²) in [5.41, 5.74) is 5.53. The van der Waals surface area contributed by atoms with Gasteiger partial charge < -0.3 is 15.0 Å². The molecule has 0 unspecified atom stereocenters. The maximum Gasteiger partial charge on any atom is 0.116 e. The molecule has 6 nitrogen and oxygen atoms in total. The molecule has 1 fully saturated rings. The van der Waals surface area contributed by atoms with Gasteiger partial charge in [0.25, 0.3) is 0 Å². The van der Waals surface area contributed by atoms with Gasteiger partial charge in [-0.3, -0.25) is 10.00 Å². The van der Waals surface area contributed by atoms with Crippen molar-refractivity contribution in [3.63, 3.8) is 0 Å². The average molecular weight is 375 g/mol. The van der Waals surface area contributed by atoms with Crippen LogP contribution in [0, 0.1) is 0 Å². The van der Waals surface area contributed by atoms with E-state index < -0.39 is 0 Å². The fraction of sp³-hybridized carbons (Fsp3) is 0.318. The largest absolute Gasteiger partial charge is 0.379 e. The number of nitrogens with one attached hydrogen (secondary N) is 3. The molecule has 0 bridgehead atoms. The minimum absolute atomic E-state index is 0.854. The third kappa shape index (κ3) is 3.42. The van der Waals surface area contributed by atoms with E-state index in [0.717, 1.165) is 73.7 Å². The van der Waals surface area contributed by atoms with Crippen molar-refractivity contribution in [2.75, 3.05) is 39.4 Å². The molecule has 28 heavy (non-hydrogen) atoms. The van der Waals surface area contributed by atoms with E-state index in [-0.39, 0.29) is 0 Å². The first kappa shape index (κ1) is 17.4. The molecule has 0 amide bonds. The molecule has 2 aromatic heterocycles. The topological polar surface area (TPSA) is 69.0 Å². The van der Waals surface area contributed by atoms with Crippen LogP contribution >= 0.6 is 0 Å². The SMILES string of the molecule is c1cc(CNCCN2CCOCC2)c2cc(-c3n[nH]c4ccccc34)[nH]c2c1. The number of morpholine rings is 1. The van der Waals surface area contributed by atoms with Gasteiger partial charge >= 0.3 is 0 Å². The number of hydrogen-bond donors (Lipinski definition) is 3. The molecule has 4 aromatic rings. The van der Waals surface area contributed by atoms with Crippen molar-refractivity contribution >= 4 is 21.8 Å². The van der Waals surface area contributed by atoms with Crippen LogP contribution in [0.4, 0.5) is 0 Å². The van der Waals surface area contributed by atoms with Gasteiger partial charge in [0, 0.05) is 49.0 Å². The lowest BCUT2D eigenvalue weighted by molar-refractivity contribution is 0.0384. The van der Waals surface area contributed by atoms with Crippen LogP contribution in [0.5, 0.6) is 0 Å². The maximum atomic E-state index is 5.41. The molecule has 0 atom stereocenters. The Morgan fingerprint density at radius 1 is 1.00 bits per heavy atom. The molecule has 3 heterocycles. The number of nitrogens with zero attached hydrogens (tertiary/aromatic N) is 2. The summed E-state index contributed by atoms with van der Waals surface area (Å²) in [4.78, 5) is 5.99. The average Bonchev–Trinajstić information content (AvgIpc) is 3.36. The van der Waals surface area contributed by atoms with Gasteiger partial charge in [-0.15, -0.1) is 0 Å². The van der Waals surface area contributed by atoms with Crippen molar-refractivity contribution in [2.45, 2.75) is 6.54 Å². The van der Waals surface area contributed by atoms with Crippen LogP contribution in [-0.2, 0) is 11.3 Å². The van der Waals surface area contributed by atoms with E-state index in [4.69, 9.17) is 4.74 Å². The smallest absolute Gasteiger partial charge is 0.116 e. The Morgan fingerprint density at radius 2 is 1.86 bits per heavy atom. The summed E-state index contributed by atoms with van der Waals surface area (Å²) < 4.78 is 5.41. The molecule has 6 heteroatoms. The number of hydrogen-bond acceptors (Lipinski definition) is 4. The number of aromatic nitrogens is 3. The van der Waals surface area contributed by atoms with Gasteiger partial charge in [0.05, 0.1) is 24.4 Å². The molecule has 1 aliphatic rings. The fourth-order valence-electron chi connectivity index (χ4n) is 3.95. The molecule has 0 spiro atoms. The zero-order valence-corrected chi connectivity index (χ0v) is 15.9. The minimum Gasteiger partial charge on any atom is -0.379 e. The lowest BCUT2D eigenvalue weighted by atomic mass is 10.1. The number of ether oxygens (including phenoxy) is 1. The second-order valence-electron chi connectivity index (χ2n) is 7.31. The van der Waals surface area contributed by atoms with Gasteiger partial charge in [0.1, 0.15) is 5.69 Å². The highest BCUT2D eigenvalue weighted by atomic mass is 16.5. The molecule has 5 rings (SSSR count). The summed E-state index contributed by atoms with van der Waals surface area (Å²) >= 11 is 0. The van der Waals surface area contributed by atoms with Crippen LogP contribution in [0.25, 0.3) is 33.2 Å². The molecular weight excluding hydrogens is 350 g/mol. The van der Waals surface area contributed by atoms with E-state index in [1.54, 1.807) is 0 Å². The van der Waals surface area contributed by atoms with Crippen LogP contribution in [0.1, 0.15) is 5.56 Å². The molecule has 0 aliphatic carbocycles. The Balaban J connectivity index is 1.33. The summed E-state index contributed by atoms with van der Waals surface area (Å²) in [5, 5.41) is 13.6. The van der Waals surface area contributed by atoms with Crippen molar-refractivity contribution in [3.05, 3.63) is 54.1 Å². The van der Waals surface area contributed by atoms with Gasteiger partial charge in [-0.25, -0.2) is 0 Å². The fourth-order valence-corrected chi connectivity index (χ4v) is 3.95. The van der Waals surface area contributed by atoms with E-state index in [9.17, 15) is 0 Å². The monoisotopic (exact) mass is 375 g/mol. The Morgan fingerprint density at radius 3 is 2.79 bits per heavy atom. The highest BCUT2D eigenvalue weighted by Crippen LogP contribution is 2.29. The number of fused-ring (bicyclic) bond motifs is 2. The minimum atomic E-state index is 0.854. The van der Waals surface area contributed by atoms with Crippen LogP contribution in [0.3, 0.4) is 0 Å². The molecule has 1 aliphatic heterocycles. The molecular formula is C22H25N5O. The zero-order chi connectivity index (χ0) is 18.8. The van der Waals surface area contributed by atoms with Gasteiger partial charge in [0.2, 0.25) is 0 Å². The van der Waals surface area contributed by atoms with E-state index in [0.29, 0.717) is 0 Å². The van der Waals surface area contributed by atoms with Gasteiger partial charge in [-0.05, 0) is 23.8 Å². The molecule has 2 aromatic carbocycles. The predicted molar refractivity (Wildman–Crippen MR) is 112 cm³/mol. The van der Waals surface area contributed by atoms with E-state index in [1.807, 2.05) is 12.1 Å². The van der Waals surface area contributed by atoms with E-state index in [2.05, 4.69) is 61.8 Å². The summed E-state index contributed by atoms with van der Waals surface area (Å²) in [5.74, 6) is 0. The quantitative estimate of drug-likeness (QED) is 0.453. The van der Waals surface area contributed by atoms with Crippen molar-refractivity contribution in [1.82, 2.24) is 25.4 Å². The van der Waals surface area contributed by atoms with Gasteiger partial charge in [-0.1, -0.05) is 30.3 Å². The highest BCUT2D eigenvalue weighted by Gasteiger charge is 2.13. The van der Waals surface area contributed by atoms with Crippen molar-refractivity contribution in [2.24, 2.45) is 0 Å². The Hall–Kier alpha value is -2.67. The summed E-state index contributed by atoms with van der Waals surface area (Å²) in [6.45, 7) is 6.70. The number of rotatable bonds is 6. The van der Waals surface area contributed by atoms with Gasteiger partial charge in [-0.2, -0.15) is 5.10 Å². The second-order valence-corrected chi connectivity index (χ2v) is 7.31. The van der Waals surface area contributed by atoms with Crippen LogP contribution in [0.15, 0.2) is 48.5 Å². The molecule has 3 N–H and O–H groups in total. The third-order valence-electron chi connectivity index (χ3n) is 5.50. The second kappa shape index (κ2) is 7.75. The zero-order valence-electron chi connectivity index (χ0n) is 15.9. The standard InChI is InChI=1S/C22H25N5O/c1-2-6-20-17(5-1)22(26-25-20)21-14-18-16(4-3-7-19(18)24-21)15-23-8-9-27-10-12-28-13-11-27/h1-7,14,23-24H,8-13,15H2,(H,25,26). The summed E-state index contributed by atoms with van der Waals surface area (Å²) in [7, 11) is 0. The van der Waals surface area contributed by atoms with Crippen molar-refractivity contribution < 1.29 is 4.74 Å². The Bertz CT molecular complexity index is 1080. The number of aromatic amines is 2. The lowest BCUT2D eigenvalue weighted by Gasteiger charge is -2.26. The molecule has 0 radical (unpaired) electrons. The first-order valence-electron chi connectivity index (χ1n) is 9.93. The number of benzene rings is 2.